The summed E-state index contributed by atoms with van der Waals surface area (Å²) in [7, 11) is 0. The van der Waals surface area contributed by atoms with Crippen LogP contribution in [0.3, 0.4) is 0 Å². The minimum absolute atomic E-state index is 0.00447. The van der Waals surface area contributed by atoms with Gasteiger partial charge in [0.05, 0.1) is 0 Å². The summed E-state index contributed by atoms with van der Waals surface area (Å²) in [5.74, 6) is -0.0816. The van der Waals surface area contributed by atoms with Gasteiger partial charge in [0.2, 0.25) is 5.91 Å². The summed E-state index contributed by atoms with van der Waals surface area (Å²) in [6, 6.07) is 16.5. The highest BCUT2D eigenvalue weighted by Crippen LogP contribution is 2.12. The molecule has 4 heteroatoms. The van der Waals surface area contributed by atoms with E-state index >= 15 is 0 Å². The number of nitrogens with one attached hydrogen (secondary N) is 2. The summed E-state index contributed by atoms with van der Waals surface area (Å²) >= 11 is 0. The molecule has 0 aromatic heterocycles. The number of Topliss-reactive ketones (excluding diaryl/α,β-unsaturated/α-hetero) is 1. The van der Waals surface area contributed by atoms with Gasteiger partial charge in [0.1, 0.15) is 6.04 Å². The standard InChI is InChI=1S/C18H20N2O2/c1-13(18(22)19-12-15-7-4-3-5-8-15)20-17-10-6-9-16(11-17)14(2)21/h3-11,13,20H,12H2,1-2H3,(H,19,22). The molecule has 4 nitrogen and oxygen atoms in total. The van der Waals surface area contributed by atoms with Gasteiger partial charge in [0.25, 0.3) is 0 Å². The molecule has 0 fully saturated rings. The van der Waals surface area contributed by atoms with Gasteiger partial charge < -0.3 is 10.6 Å². The minimum Gasteiger partial charge on any atom is -0.374 e. The lowest BCUT2D eigenvalue weighted by molar-refractivity contribution is -0.121. The van der Waals surface area contributed by atoms with Crippen molar-refractivity contribution in [2.24, 2.45) is 0 Å². The fourth-order valence-electron chi connectivity index (χ4n) is 2.08. The zero-order valence-corrected chi connectivity index (χ0v) is 12.8. The molecule has 0 heterocycles. The molecular formula is C18H20N2O2. The summed E-state index contributed by atoms with van der Waals surface area (Å²) in [6.45, 7) is 3.81. The molecule has 0 aliphatic heterocycles. The van der Waals surface area contributed by atoms with Crippen LogP contribution in [-0.4, -0.2) is 17.7 Å². The van der Waals surface area contributed by atoms with E-state index in [-0.39, 0.29) is 17.7 Å². The van der Waals surface area contributed by atoms with E-state index in [0.29, 0.717) is 12.1 Å². The zero-order valence-electron chi connectivity index (χ0n) is 12.8. The molecule has 2 rings (SSSR count). The molecule has 0 saturated carbocycles. The number of rotatable bonds is 6. The van der Waals surface area contributed by atoms with Crippen molar-refractivity contribution < 1.29 is 9.59 Å². The van der Waals surface area contributed by atoms with Crippen LogP contribution in [0, 0.1) is 0 Å². The Morgan fingerprint density at radius 2 is 1.77 bits per heavy atom. The van der Waals surface area contributed by atoms with E-state index in [1.54, 1.807) is 25.1 Å². The Labute approximate surface area is 130 Å². The van der Waals surface area contributed by atoms with Crippen LogP contribution >= 0.6 is 0 Å². The Hall–Kier alpha value is -2.62. The molecule has 2 aromatic carbocycles. The Morgan fingerprint density at radius 1 is 1.05 bits per heavy atom. The minimum atomic E-state index is -0.383. The van der Waals surface area contributed by atoms with E-state index in [2.05, 4.69) is 10.6 Å². The van der Waals surface area contributed by atoms with Crippen molar-refractivity contribution in [2.75, 3.05) is 5.32 Å². The lowest BCUT2D eigenvalue weighted by Gasteiger charge is -2.15. The highest BCUT2D eigenvalue weighted by molar-refractivity contribution is 5.95. The maximum Gasteiger partial charge on any atom is 0.242 e. The summed E-state index contributed by atoms with van der Waals surface area (Å²) in [6.07, 6.45) is 0. The second-order valence-electron chi connectivity index (χ2n) is 5.21. The van der Waals surface area contributed by atoms with Crippen molar-refractivity contribution in [3.63, 3.8) is 0 Å². The van der Waals surface area contributed by atoms with Crippen molar-refractivity contribution in [2.45, 2.75) is 26.4 Å². The average Bonchev–Trinajstić information content (AvgIpc) is 2.53. The van der Waals surface area contributed by atoms with Crippen molar-refractivity contribution in [3.8, 4) is 0 Å². The molecule has 0 bridgehead atoms. The molecule has 0 radical (unpaired) electrons. The SMILES string of the molecule is CC(=O)c1cccc(NC(C)C(=O)NCc2ccccc2)c1. The molecule has 1 atom stereocenters. The van der Waals surface area contributed by atoms with E-state index < -0.39 is 0 Å². The number of amides is 1. The highest BCUT2D eigenvalue weighted by atomic mass is 16.2. The summed E-state index contributed by atoms with van der Waals surface area (Å²) < 4.78 is 0. The number of hydrogen-bond donors (Lipinski definition) is 2. The lowest BCUT2D eigenvalue weighted by atomic mass is 10.1. The number of carbonyl (C=O) groups excluding carboxylic acids is 2. The molecule has 0 spiro atoms. The van der Waals surface area contributed by atoms with Crippen LogP contribution in [0.2, 0.25) is 0 Å². The smallest absolute Gasteiger partial charge is 0.242 e. The van der Waals surface area contributed by atoms with Gasteiger partial charge in [0.15, 0.2) is 5.78 Å². The van der Waals surface area contributed by atoms with Crippen LogP contribution in [0.4, 0.5) is 5.69 Å². The molecule has 114 valence electrons. The molecule has 22 heavy (non-hydrogen) atoms. The van der Waals surface area contributed by atoms with E-state index in [4.69, 9.17) is 0 Å². The second kappa shape index (κ2) is 7.41. The zero-order chi connectivity index (χ0) is 15.9. The maximum absolute atomic E-state index is 12.1. The predicted molar refractivity (Wildman–Crippen MR) is 87.8 cm³/mol. The molecular weight excluding hydrogens is 276 g/mol. The molecule has 0 saturated heterocycles. The third-order valence-corrected chi connectivity index (χ3v) is 3.36. The van der Waals surface area contributed by atoms with Crippen LogP contribution in [0.15, 0.2) is 54.6 Å². The first-order valence-corrected chi connectivity index (χ1v) is 7.25. The van der Waals surface area contributed by atoms with Crippen LogP contribution in [0.5, 0.6) is 0 Å². The highest BCUT2D eigenvalue weighted by Gasteiger charge is 2.12. The fourth-order valence-corrected chi connectivity index (χ4v) is 2.08. The maximum atomic E-state index is 12.1. The number of benzene rings is 2. The third-order valence-electron chi connectivity index (χ3n) is 3.36. The summed E-state index contributed by atoms with van der Waals surface area (Å²) in [4.78, 5) is 23.5. The largest absolute Gasteiger partial charge is 0.374 e. The Kier molecular flexibility index (Phi) is 5.31. The fraction of sp³-hybridized carbons (Fsp3) is 0.222. The van der Waals surface area contributed by atoms with Gasteiger partial charge in [-0.3, -0.25) is 9.59 Å². The van der Waals surface area contributed by atoms with Crippen molar-refractivity contribution in [1.29, 1.82) is 0 Å². The first-order valence-electron chi connectivity index (χ1n) is 7.25. The molecule has 0 aliphatic rings. The average molecular weight is 296 g/mol. The quantitative estimate of drug-likeness (QED) is 0.806. The predicted octanol–water partition coefficient (Wildman–Crippen LogP) is 3.01. The van der Waals surface area contributed by atoms with Gasteiger partial charge >= 0.3 is 0 Å². The van der Waals surface area contributed by atoms with Crippen LogP contribution in [0.1, 0.15) is 29.8 Å². The van der Waals surface area contributed by atoms with E-state index in [0.717, 1.165) is 11.3 Å². The Morgan fingerprint density at radius 3 is 2.45 bits per heavy atom. The lowest BCUT2D eigenvalue weighted by Crippen LogP contribution is -2.37. The third kappa shape index (κ3) is 4.45. The van der Waals surface area contributed by atoms with E-state index in [9.17, 15) is 9.59 Å². The van der Waals surface area contributed by atoms with Gasteiger partial charge in [-0.15, -0.1) is 0 Å². The van der Waals surface area contributed by atoms with Crippen LogP contribution in [-0.2, 0) is 11.3 Å². The summed E-state index contributed by atoms with van der Waals surface area (Å²) in [5, 5.41) is 6.00. The van der Waals surface area contributed by atoms with Gasteiger partial charge in [0, 0.05) is 17.8 Å². The molecule has 2 aromatic rings. The second-order valence-corrected chi connectivity index (χ2v) is 5.21. The van der Waals surface area contributed by atoms with Crippen molar-refractivity contribution in [1.82, 2.24) is 5.32 Å². The Balaban J connectivity index is 1.91. The van der Waals surface area contributed by atoms with Gasteiger partial charge in [-0.1, -0.05) is 42.5 Å². The number of ketones is 1. The van der Waals surface area contributed by atoms with E-state index in [1.165, 1.54) is 6.92 Å². The molecule has 0 aliphatic carbocycles. The van der Waals surface area contributed by atoms with Crippen molar-refractivity contribution in [3.05, 3.63) is 65.7 Å². The van der Waals surface area contributed by atoms with Crippen LogP contribution < -0.4 is 10.6 Å². The number of carbonyl (C=O) groups is 2. The normalized spacial score (nSPS) is 11.5. The monoisotopic (exact) mass is 296 g/mol. The van der Waals surface area contributed by atoms with Gasteiger partial charge in [-0.05, 0) is 31.5 Å². The van der Waals surface area contributed by atoms with Gasteiger partial charge in [-0.2, -0.15) is 0 Å². The van der Waals surface area contributed by atoms with Crippen LogP contribution in [0.25, 0.3) is 0 Å². The van der Waals surface area contributed by atoms with Crippen molar-refractivity contribution >= 4 is 17.4 Å². The molecule has 1 amide bonds. The Bertz CT molecular complexity index is 653. The summed E-state index contributed by atoms with van der Waals surface area (Å²) in [5.41, 5.74) is 2.44. The number of anilines is 1. The number of hydrogen-bond acceptors (Lipinski definition) is 3. The topological polar surface area (TPSA) is 58.2 Å². The molecule has 2 N–H and O–H groups in total. The molecule has 1 unspecified atom stereocenters. The van der Waals surface area contributed by atoms with Gasteiger partial charge in [-0.25, -0.2) is 0 Å². The first-order chi connectivity index (χ1) is 10.6. The van der Waals surface area contributed by atoms with E-state index in [1.807, 2.05) is 36.4 Å². The first kappa shape index (κ1) is 15.8.